The van der Waals surface area contributed by atoms with Gasteiger partial charge in [0.1, 0.15) is 17.9 Å². The number of halogens is 2. The first-order valence-corrected chi connectivity index (χ1v) is 9.26. The molecule has 1 unspecified atom stereocenters. The van der Waals surface area contributed by atoms with E-state index in [0.29, 0.717) is 12.2 Å². The predicted octanol–water partition coefficient (Wildman–Crippen LogP) is 1.86. The number of benzene rings is 1. The zero-order valence-corrected chi connectivity index (χ0v) is 15.1. The molecular formula is C16H17ClFN3O3S. The standard InChI is InChI=1S/C16H17ClFN3O3S/c1-20(7-10-11(17)3-2-4-12(10)18)13(22)8-21-14(23)16(19-15(21)24)5-6-25-9-16/h2-4H,5-9H2,1H3,(H,19,24). The lowest BCUT2D eigenvalue weighted by atomic mass is 9.99. The van der Waals surface area contributed by atoms with Crippen LogP contribution in [0.1, 0.15) is 12.0 Å². The van der Waals surface area contributed by atoms with Crippen LogP contribution in [0.15, 0.2) is 18.2 Å². The van der Waals surface area contributed by atoms with Crippen molar-refractivity contribution in [3.05, 3.63) is 34.6 Å². The normalized spacial score (nSPS) is 22.6. The lowest BCUT2D eigenvalue weighted by Crippen LogP contribution is -2.47. The molecule has 0 aromatic heterocycles. The third kappa shape index (κ3) is 3.32. The highest BCUT2D eigenvalue weighted by Crippen LogP contribution is 2.33. The molecule has 1 spiro atoms. The fourth-order valence-electron chi connectivity index (χ4n) is 2.92. The summed E-state index contributed by atoms with van der Waals surface area (Å²) in [6, 6.07) is 3.73. The van der Waals surface area contributed by atoms with E-state index in [0.717, 1.165) is 10.7 Å². The molecule has 2 aliphatic heterocycles. The van der Waals surface area contributed by atoms with E-state index in [1.54, 1.807) is 11.8 Å². The van der Waals surface area contributed by atoms with E-state index in [1.807, 2.05) is 0 Å². The highest BCUT2D eigenvalue weighted by Gasteiger charge is 2.53. The number of amides is 4. The van der Waals surface area contributed by atoms with Crippen LogP contribution in [0, 0.1) is 5.82 Å². The summed E-state index contributed by atoms with van der Waals surface area (Å²) < 4.78 is 13.9. The molecule has 25 heavy (non-hydrogen) atoms. The second kappa shape index (κ2) is 6.84. The molecule has 1 N–H and O–H groups in total. The average Bonchev–Trinajstić information content (AvgIpc) is 3.12. The Morgan fingerprint density at radius 1 is 1.48 bits per heavy atom. The van der Waals surface area contributed by atoms with Crippen LogP contribution in [0.2, 0.25) is 5.02 Å². The molecule has 0 radical (unpaired) electrons. The number of nitrogens with zero attached hydrogens (tertiary/aromatic N) is 2. The highest BCUT2D eigenvalue weighted by atomic mass is 35.5. The first kappa shape index (κ1) is 18.0. The molecule has 1 atom stereocenters. The van der Waals surface area contributed by atoms with Gasteiger partial charge in [-0.3, -0.25) is 14.5 Å². The lowest BCUT2D eigenvalue weighted by molar-refractivity contribution is -0.138. The van der Waals surface area contributed by atoms with Crippen molar-refractivity contribution in [1.82, 2.24) is 15.1 Å². The van der Waals surface area contributed by atoms with Crippen molar-refractivity contribution in [2.24, 2.45) is 0 Å². The van der Waals surface area contributed by atoms with Gasteiger partial charge in [0.25, 0.3) is 5.91 Å². The molecule has 6 nitrogen and oxygen atoms in total. The number of carbonyl (C=O) groups is 3. The predicted molar refractivity (Wildman–Crippen MR) is 92.8 cm³/mol. The van der Waals surface area contributed by atoms with E-state index in [4.69, 9.17) is 11.6 Å². The number of imide groups is 1. The summed E-state index contributed by atoms with van der Waals surface area (Å²) >= 11 is 7.56. The minimum Gasteiger partial charge on any atom is -0.340 e. The molecule has 2 aliphatic rings. The fraction of sp³-hybridized carbons (Fsp3) is 0.438. The zero-order valence-electron chi connectivity index (χ0n) is 13.6. The third-order valence-corrected chi connectivity index (χ3v) is 5.99. The number of rotatable bonds is 4. The van der Waals surface area contributed by atoms with Crippen molar-refractivity contribution < 1.29 is 18.8 Å². The smallest absolute Gasteiger partial charge is 0.325 e. The van der Waals surface area contributed by atoms with Crippen molar-refractivity contribution in [3.8, 4) is 0 Å². The van der Waals surface area contributed by atoms with Gasteiger partial charge in [-0.25, -0.2) is 9.18 Å². The fourth-order valence-corrected chi connectivity index (χ4v) is 4.47. The first-order chi connectivity index (χ1) is 11.8. The Morgan fingerprint density at radius 3 is 2.88 bits per heavy atom. The summed E-state index contributed by atoms with van der Waals surface area (Å²) in [7, 11) is 1.48. The SMILES string of the molecule is CN(Cc1c(F)cccc1Cl)C(=O)CN1C(=O)NC2(CCSC2)C1=O. The van der Waals surface area contributed by atoms with Gasteiger partial charge in [-0.1, -0.05) is 17.7 Å². The molecule has 2 heterocycles. The second-order valence-corrected chi connectivity index (χ2v) is 7.67. The summed E-state index contributed by atoms with van der Waals surface area (Å²) in [5.74, 6) is -0.0367. The number of hydrogen-bond acceptors (Lipinski definition) is 4. The number of thioether (sulfide) groups is 1. The van der Waals surface area contributed by atoms with E-state index in [1.165, 1.54) is 30.1 Å². The molecule has 2 fully saturated rings. The van der Waals surface area contributed by atoms with E-state index in [-0.39, 0.29) is 29.6 Å². The average molecular weight is 386 g/mol. The van der Waals surface area contributed by atoms with E-state index in [9.17, 15) is 18.8 Å². The molecule has 0 aliphatic carbocycles. The van der Waals surface area contributed by atoms with Crippen LogP contribution in [-0.4, -0.2) is 58.3 Å². The van der Waals surface area contributed by atoms with E-state index in [2.05, 4.69) is 5.32 Å². The van der Waals surface area contributed by atoms with Gasteiger partial charge in [-0.2, -0.15) is 11.8 Å². The monoisotopic (exact) mass is 385 g/mol. The number of nitrogens with one attached hydrogen (secondary N) is 1. The molecule has 2 saturated heterocycles. The summed E-state index contributed by atoms with van der Waals surface area (Å²) in [5.41, 5.74) is -0.684. The van der Waals surface area contributed by atoms with Crippen LogP contribution in [0.5, 0.6) is 0 Å². The summed E-state index contributed by atoms with van der Waals surface area (Å²) in [5, 5.41) is 2.93. The maximum atomic E-state index is 13.9. The van der Waals surface area contributed by atoms with Gasteiger partial charge in [0.15, 0.2) is 0 Å². The topological polar surface area (TPSA) is 69.7 Å². The Balaban J connectivity index is 1.67. The molecule has 134 valence electrons. The molecule has 1 aromatic carbocycles. The number of hydrogen-bond donors (Lipinski definition) is 1. The molecule has 9 heteroatoms. The third-order valence-electron chi connectivity index (χ3n) is 4.44. The van der Waals surface area contributed by atoms with Gasteiger partial charge < -0.3 is 10.2 Å². The first-order valence-electron chi connectivity index (χ1n) is 7.73. The minimum absolute atomic E-state index is 0.0466. The minimum atomic E-state index is -0.880. The van der Waals surface area contributed by atoms with Gasteiger partial charge in [0, 0.05) is 29.9 Å². The van der Waals surface area contributed by atoms with Crippen LogP contribution >= 0.6 is 23.4 Å². The quantitative estimate of drug-likeness (QED) is 0.803. The molecule has 1 aromatic rings. The van der Waals surface area contributed by atoms with Crippen molar-refractivity contribution >= 4 is 41.2 Å². The molecular weight excluding hydrogens is 369 g/mol. The van der Waals surface area contributed by atoms with Crippen LogP contribution < -0.4 is 5.32 Å². The lowest BCUT2D eigenvalue weighted by Gasteiger charge is -2.22. The van der Waals surface area contributed by atoms with Crippen LogP contribution in [-0.2, 0) is 16.1 Å². The maximum absolute atomic E-state index is 13.9. The van der Waals surface area contributed by atoms with Crippen molar-refractivity contribution in [1.29, 1.82) is 0 Å². The Bertz CT molecular complexity index is 719. The van der Waals surface area contributed by atoms with Crippen LogP contribution in [0.4, 0.5) is 9.18 Å². The van der Waals surface area contributed by atoms with Crippen molar-refractivity contribution in [2.75, 3.05) is 25.1 Å². The van der Waals surface area contributed by atoms with Gasteiger partial charge in [-0.15, -0.1) is 0 Å². The van der Waals surface area contributed by atoms with Crippen LogP contribution in [0.25, 0.3) is 0 Å². The van der Waals surface area contributed by atoms with Crippen molar-refractivity contribution in [3.63, 3.8) is 0 Å². The molecule has 3 rings (SSSR count). The van der Waals surface area contributed by atoms with E-state index < -0.39 is 23.3 Å². The Hall–Kier alpha value is -1.80. The number of urea groups is 1. The van der Waals surface area contributed by atoms with Gasteiger partial charge >= 0.3 is 6.03 Å². The molecule has 0 bridgehead atoms. The highest BCUT2D eigenvalue weighted by molar-refractivity contribution is 7.99. The number of carbonyl (C=O) groups excluding carboxylic acids is 3. The van der Waals surface area contributed by atoms with E-state index >= 15 is 0 Å². The zero-order chi connectivity index (χ0) is 18.2. The Morgan fingerprint density at radius 2 is 2.24 bits per heavy atom. The van der Waals surface area contributed by atoms with Crippen LogP contribution in [0.3, 0.4) is 0 Å². The maximum Gasteiger partial charge on any atom is 0.325 e. The largest absolute Gasteiger partial charge is 0.340 e. The second-order valence-electron chi connectivity index (χ2n) is 6.16. The molecule has 4 amide bonds. The van der Waals surface area contributed by atoms with Gasteiger partial charge in [-0.05, 0) is 24.3 Å². The van der Waals surface area contributed by atoms with Gasteiger partial charge in [0.05, 0.1) is 0 Å². The number of likely N-dealkylation sites (N-methyl/N-ethyl adjacent to an activating group) is 1. The summed E-state index contributed by atoms with van der Waals surface area (Å²) in [4.78, 5) is 39.2. The molecule has 0 saturated carbocycles. The Kier molecular flexibility index (Phi) is 4.92. The van der Waals surface area contributed by atoms with Crippen molar-refractivity contribution in [2.45, 2.75) is 18.5 Å². The van der Waals surface area contributed by atoms with Gasteiger partial charge in [0.2, 0.25) is 5.91 Å². The summed E-state index contributed by atoms with van der Waals surface area (Å²) in [6.07, 6.45) is 0.563. The summed E-state index contributed by atoms with van der Waals surface area (Å²) in [6.45, 7) is -0.422. The Labute approximate surface area is 153 Å².